The molecule has 0 aliphatic carbocycles. The van der Waals surface area contributed by atoms with Gasteiger partial charge in [0.25, 0.3) is 0 Å². The molecule has 2 aromatic rings. The number of nitrogens with one attached hydrogen (secondary N) is 1. The molecule has 24 heavy (non-hydrogen) atoms. The van der Waals surface area contributed by atoms with Gasteiger partial charge in [0.05, 0.1) is 6.61 Å². The van der Waals surface area contributed by atoms with Gasteiger partial charge in [0.15, 0.2) is 5.78 Å². The highest BCUT2D eigenvalue weighted by Crippen LogP contribution is 2.05. The lowest BCUT2D eigenvalue weighted by molar-refractivity contribution is -0.138. The van der Waals surface area contributed by atoms with E-state index in [1.54, 1.807) is 31.2 Å². The predicted octanol–water partition coefficient (Wildman–Crippen LogP) is 3.15. The molecule has 0 aromatic heterocycles. The normalized spacial score (nSPS) is 11.0. The average molecular weight is 323 g/mol. The molecular formula is C20H21NO3. The fourth-order valence-corrected chi connectivity index (χ4v) is 2.19. The van der Waals surface area contributed by atoms with Crippen molar-refractivity contribution in [3.05, 3.63) is 83.6 Å². The van der Waals surface area contributed by atoms with E-state index in [9.17, 15) is 9.59 Å². The van der Waals surface area contributed by atoms with Crippen molar-refractivity contribution in [2.45, 2.75) is 13.3 Å². The molecular weight excluding hydrogens is 302 g/mol. The van der Waals surface area contributed by atoms with E-state index in [0.717, 1.165) is 12.0 Å². The first-order chi connectivity index (χ1) is 11.7. The number of hydrogen-bond donors (Lipinski definition) is 1. The van der Waals surface area contributed by atoms with Gasteiger partial charge >= 0.3 is 5.97 Å². The quantitative estimate of drug-likeness (QED) is 0.461. The lowest BCUT2D eigenvalue weighted by atomic mass is 10.1. The van der Waals surface area contributed by atoms with Crippen molar-refractivity contribution in [3.63, 3.8) is 0 Å². The molecule has 0 saturated carbocycles. The summed E-state index contributed by atoms with van der Waals surface area (Å²) in [6, 6.07) is 18.8. The Hall–Kier alpha value is -2.88. The van der Waals surface area contributed by atoms with Gasteiger partial charge < -0.3 is 10.1 Å². The van der Waals surface area contributed by atoms with E-state index in [4.69, 9.17) is 4.74 Å². The number of carbonyl (C=O) groups excluding carboxylic acids is 2. The van der Waals surface area contributed by atoms with Crippen molar-refractivity contribution >= 4 is 11.8 Å². The Morgan fingerprint density at radius 2 is 1.62 bits per heavy atom. The van der Waals surface area contributed by atoms with Crippen LogP contribution in [0.5, 0.6) is 0 Å². The summed E-state index contributed by atoms with van der Waals surface area (Å²) >= 11 is 0. The second kappa shape index (κ2) is 9.30. The molecule has 0 atom stereocenters. The summed E-state index contributed by atoms with van der Waals surface area (Å²) in [6.07, 6.45) is 2.05. The number of rotatable bonds is 8. The monoisotopic (exact) mass is 323 g/mol. The molecule has 0 aliphatic heterocycles. The average Bonchev–Trinajstić information content (AvgIpc) is 2.62. The van der Waals surface area contributed by atoms with E-state index in [-0.39, 0.29) is 18.1 Å². The minimum absolute atomic E-state index is 0.182. The Morgan fingerprint density at radius 3 is 2.25 bits per heavy atom. The highest BCUT2D eigenvalue weighted by molar-refractivity contribution is 6.08. The lowest BCUT2D eigenvalue weighted by Crippen LogP contribution is -2.25. The summed E-state index contributed by atoms with van der Waals surface area (Å²) in [6.45, 7) is 2.53. The number of ketones is 1. The minimum Gasteiger partial charge on any atom is -0.461 e. The summed E-state index contributed by atoms with van der Waals surface area (Å²) in [4.78, 5) is 24.3. The standard InChI is InChI=1S/C20H21NO3/c1-2-24-20(23)18(15-19(22)17-11-7-4-8-12-17)21-14-13-16-9-5-3-6-10-16/h3-12,15,21H,2,13-14H2,1H3/b18-15-. The van der Waals surface area contributed by atoms with E-state index in [1.807, 2.05) is 36.4 Å². The fraction of sp³-hybridized carbons (Fsp3) is 0.200. The number of carbonyl (C=O) groups is 2. The molecule has 4 nitrogen and oxygen atoms in total. The van der Waals surface area contributed by atoms with Crippen molar-refractivity contribution in [3.8, 4) is 0 Å². The van der Waals surface area contributed by atoms with Crippen molar-refractivity contribution in [1.82, 2.24) is 5.32 Å². The van der Waals surface area contributed by atoms with Crippen molar-refractivity contribution < 1.29 is 14.3 Å². The largest absolute Gasteiger partial charge is 0.461 e. The zero-order valence-corrected chi connectivity index (χ0v) is 13.7. The number of allylic oxidation sites excluding steroid dienone is 1. The summed E-state index contributed by atoms with van der Waals surface area (Å²) in [5.74, 6) is -0.749. The number of ether oxygens (including phenoxy) is 1. The molecule has 0 saturated heterocycles. The third-order valence-corrected chi connectivity index (χ3v) is 3.40. The van der Waals surface area contributed by atoms with Crippen LogP contribution in [0.25, 0.3) is 0 Å². The maximum atomic E-state index is 12.3. The maximum Gasteiger partial charge on any atom is 0.354 e. The Balaban J connectivity index is 2.05. The highest BCUT2D eigenvalue weighted by atomic mass is 16.5. The van der Waals surface area contributed by atoms with E-state index in [0.29, 0.717) is 12.1 Å². The predicted molar refractivity (Wildman–Crippen MR) is 93.6 cm³/mol. The highest BCUT2D eigenvalue weighted by Gasteiger charge is 2.13. The van der Waals surface area contributed by atoms with Gasteiger partial charge in [-0.2, -0.15) is 0 Å². The molecule has 0 fully saturated rings. The maximum absolute atomic E-state index is 12.3. The third-order valence-electron chi connectivity index (χ3n) is 3.40. The van der Waals surface area contributed by atoms with Crippen LogP contribution in [-0.2, 0) is 16.0 Å². The van der Waals surface area contributed by atoms with Crippen LogP contribution >= 0.6 is 0 Å². The van der Waals surface area contributed by atoms with Gasteiger partial charge in [-0.05, 0) is 18.9 Å². The number of benzene rings is 2. The molecule has 2 aromatic carbocycles. The Kier molecular flexibility index (Phi) is 6.77. The zero-order chi connectivity index (χ0) is 17.2. The second-order valence-electron chi connectivity index (χ2n) is 5.17. The second-order valence-corrected chi connectivity index (χ2v) is 5.17. The lowest BCUT2D eigenvalue weighted by Gasteiger charge is -2.10. The molecule has 4 heteroatoms. The molecule has 124 valence electrons. The summed E-state index contributed by atoms with van der Waals surface area (Å²) in [7, 11) is 0. The van der Waals surface area contributed by atoms with Crippen LogP contribution in [0.2, 0.25) is 0 Å². The minimum atomic E-state index is -0.519. The number of esters is 1. The van der Waals surface area contributed by atoms with E-state index >= 15 is 0 Å². The molecule has 0 radical (unpaired) electrons. The van der Waals surface area contributed by atoms with Crippen molar-refractivity contribution in [1.29, 1.82) is 0 Å². The summed E-state index contributed by atoms with van der Waals surface area (Å²) in [5.41, 5.74) is 1.87. The number of hydrogen-bond acceptors (Lipinski definition) is 4. The van der Waals surface area contributed by atoms with Gasteiger partial charge in [-0.15, -0.1) is 0 Å². The van der Waals surface area contributed by atoms with Crippen LogP contribution in [0, 0.1) is 0 Å². The molecule has 0 spiro atoms. The summed E-state index contributed by atoms with van der Waals surface area (Å²) < 4.78 is 5.02. The van der Waals surface area contributed by atoms with Gasteiger partial charge in [0.2, 0.25) is 0 Å². The molecule has 2 rings (SSSR count). The SMILES string of the molecule is CCOC(=O)/C(=C/C(=O)c1ccccc1)NCCc1ccccc1. The van der Waals surface area contributed by atoms with Crippen molar-refractivity contribution in [2.75, 3.05) is 13.2 Å². The van der Waals surface area contributed by atoms with Crippen LogP contribution in [0.15, 0.2) is 72.4 Å². The zero-order valence-electron chi connectivity index (χ0n) is 13.7. The smallest absolute Gasteiger partial charge is 0.354 e. The van der Waals surface area contributed by atoms with Gasteiger partial charge in [0, 0.05) is 18.2 Å². The summed E-state index contributed by atoms with van der Waals surface area (Å²) in [5, 5.41) is 3.02. The Bertz CT molecular complexity index is 693. The first kappa shape index (κ1) is 17.5. The Labute approximate surface area is 142 Å². The Morgan fingerprint density at radius 1 is 1.00 bits per heavy atom. The van der Waals surface area contributed by atoms with Crippen LogP contribution in [0.1, 0.15) is 22.8 Å². The fourth-order valence-electron chi connectivity index (χ4n) is 2.19. The molecule has 0 aliphatic rings. The van der Waals surface area contributed by atoms with Gasteiger partial charge in [-0.1, -0.05) is 60.7 Å². The molecule has 0 bridgehead atoms. The van der Waals surface area contributed by atoms with Gasteiger partial charge in [-0.3, -0.25) is 4.79 Å². The van der Waals surface area contributed by atoms with Gasteiger partial charge in [0.1, 0.15) is 5.70 Å². The van der Waals surface area contributed by atoms with Crippen LogP contribution in [0.3, 0.4) is 0 Å². The van der Waals surface area contributed by atoms with Crippen LogP contribution in [-0.4, -0.2) is 24.9 Å². The van der Waals surface area contributed by atoms with Crippen LogP contribution in [0.4, 0.5) is 0 Å². The molecule has 0 unspecified atom stereocenters. The third kappa shape index (κ3) is 5.39. The van der Waals surface area contributed by atoms with E-state index in [1.165, 1.54) is 6.08 Å². The van der Waals surface area contributed by atoms with Crippen LogP contribution < -0.4 is 5.32 Å². The van der Waals surface area contributed by atoms with Crippen molar-refractivity contribution in [2.24, 2.45) is 0 Å². The van der Waals surface area contributed by atoms with Gasteiger partial charge in [-0.25, -0.2) is 4.79 Å². The molecule has 1 N–H and O–H groups in total. The first-order valence-electron chi connectivity index (χ1n) is 7.96. The first-order valence-corrected chi connectivity index (χ1v) is 7.96. The topological polar surface area (TPSA) is 55.4 Å². The molecule has 0 heterocycles. The molecule has 0 amide bonds. The van der Waals surface area contributed by atoms with E-state index < -0.39 is 5.97 Å². The van der Waals surface area contributed by atoms with E-state index in [2.05, 4.69) is 5.32 Å².